The smallest absolute Gasteiger partial charge is 0.329 e. The van der Waals surface area contributed by atoms with Crippen LogP contribution in [0.2, 0.25) is 0 Å². The van der Waals surface area contributed by atoms with Gasteiger partial charge in [-0.3, -0.25) is 0 Å². The quantitative estimate of drug-likeness (QED) is 0.555. The first kappa shape index (κ1) is 12.1. The number of rotatable bonds is 4. The van der Waals surface area contributed by atoms with Gasteiger partial charge in [0.1, 0.15) is 0 Å². The second-order valence-corrected chi connectivity index (χ2v) is 4.38. The van der Waals surface area contributed by atoms with Gasteiger partial charge in [0, 0.05) is 18.3 Å². The van der Waals surface area contributed by atoms with Crippen molar-refractivity contribution in [2.45, 2.75) is 51.5 Å². The summed E-state index contributed by atoms with van der Waals surface area (Å²) in [5, 5.41) is 11.6. The third-order valence-electron chi connectivity index (χ3n) is 3.19. The first-order valence-corrected chi connectivity index (χ1v) is 5.85. The van der Waals surface area contributed by atoms with E-state index < -0.39 is 5.97 Å². The molecule has 0 heterocycles. The van der Waals surface area contributed by atoms with Crippen LogP contribution in [0.1, 0.15) is 45.4 Å². The van der Waals surface area contributed by atoms with Crippen LogP contribution < -0.4 is 5.32 Å². The molecule has 1 aliphatic carbocycles. The zero-order chi connectivity index (χ0) is 11.1. The van der Waals surface area contributed by atoms with Gasteiger partial charge in [0.2, 0.25) is 0 Å². The van der Waals surface area contributed by atoms with Gasteiger partial charge in [0.15, 0.2) is 0 Å². The highest BCUT2D eigenvalue weighted by Gasteiger charge is 2.17. The molecule has 0 aromatic heterocycles. The minimum Gasteiger partial charge on any atom is -0.478 e. The van der Waals surface area contributed by atoms with Gasteiger partial charge in [-0.2, -0.15) is 0 Å². The van der Waals surface area contributed by atoms with Crippen LogP contribution in [0.25, 0.3) is 0 Å². The highest BCUT2D eigenvalue weighted by atomic mass is 16.4. The Balaban J connectivity index is 2.31. The third-order valence-corrected chi connectivity index (χ3v) is 3.19. The topological polar surface area (TPSA) is 49.3 Å². The van der Waals surface area contributed by atoms with Crippen LogP contribution in [-0.4, -0.2) is 17.1 Å². The lowest BCUT2D eigenvalue weighted by Crippen LogP contribution is -2.29. The molecule has 0 aromatic rings. The van der Waals surface area contributed by atoms with Crippen LogP contribution in [-0.2, 0) is 4.79 Å². The number of carboxylic acids is 1. The number of carboxylic acid groups (broad SMARTS) is 1. The Kier molecular flexibility index (Phi) is 5.22. The van der Waals surface area contributed by atoms with E-state index in [1.165, 1.54) is 38.5 Å². The fraction of sp³-hybridized carbons (Fsp3) is 0.750. The van der Waals surface area contributed by atoms with E-state index in [0.29, 0.717) is 12.0 Å². The number of aliphatic carboxylic acids is 1. The molecule has 2 N–H and O–H groups in total. The maximum Gasteiger partial charge on any atom is 0.329 e. The summed E-state index contributed by atoms with van der Waals surface area (Å²) >= 11 is 0. The molecule has 1 rings (SSSR count). The maximum absolute atomic E-state index is 10.3. The molecule has 1 aliphatic rings. The van der Waals surface area contributed by atoms with Crippen molar-refractivity contribution in [2.24, 2.45) is 5.92 Å². The van der Waals surface area contributed by atoms with E-state index in [9.17, 15) is 4.79 Å². The van der Waals surface area contributed by atoms with Crippen molar-refractivity contribution >= 4 is 5.97 Å². The largest absolute Gasteiger partial charge is 0.478 e. The van der Waals surface area contributed by atoms with Crippen molar-refractivity contribution < 1.29 is 9.90 Å². The summed E-state index contributed by atoms with van der Waals surface area (Å²) in [4.78, 5) is 10.3. The monoisotopic (exact) mass is 211 g/mol. The minimum absolute atomic E-state index is 0.388. The van der Waals surface area contributed by atoms with Crippen molar-refractivity contribution in [2.75, 3.05) is 0 Å². The van der Waals surface area contributed by atoms with Crippen molar-refractivity contribution in [1.82, 2.24) is 5.32 Å². The first-order valence-electron chi connectivity index (χ1n) is 5.85. The number of hydrogen-bond acceptors (Lipinski definition) is 2. The van der Waals surface area contributed by atoms with Crippen LogP contribution in [0.3, 0.4) is 0 Å². The van der Waals surface area contributed by atoms with E-state index in [4.69, 9.17) is 5.11 Å². The minimum atomic E-state index is -0.893. The van der Waals surface area contributed by atoms with Gasteiger partial charge in [0.05, 0.1) is 0 Å². The zero-order valence-electron chi connectivity index (χ0n) is 9.41. The van der Waals surface area contributed by atoms with Crippen LogP contribution in [0.4, 0.5) is 0 Å². The molecule has 0 unspecified atom stereocenters. The second kappa shape index (κ2) is 6.49. The SMILES string of the molecule is C[C@H](N/C=C/C(=O)O)C1CCCCCC1. The van der Waals surface area contributed by atoms with Gasteiger partial charge in [0.25, 0.3) is 0 Å². The summed E-state index contributed by atoms with van der Waals surface area (Å²) in [6.45, 7) is 2.14. The predicted molar refractivity (Wildman–Crippen MR) is 60.6 cm³/mol. The molecule has 0 amide bonds. The molecule has 3 nitrogen and oxygen atoms in total. The summed E-state index contributed by atoms with van der Waals surface area (Å²) in [6, 6.07) is 0.388. The van der Waals surface area contributed by atoms with Crippen LogP contribution >= 0.6 is 0 Å². The lowest BCUT2D eigenvalue weighted by Gasteiger charge is -2.22. The van der Waals surface area contributed by atoms with Crippen molar-refractivity contribution in [3.05, 3.63) is 12.3 Å². The lowest BCUT2D eigenvalue weighted by atomic mass is 9.93. The second-order valence-electron chi connectivity index (χ2n) is 4.38. The van der Waals surface area contributed by atoms with Crippen LogP contribution in [0, 0.1) is 5.92 Å². The fourth-order valence-electron chi connectivity index (χ4n) is 2.22. The first-order chi connectivity index (χ1) is 7.20. The number of carbonyl (C=O) groups is 1. The molecule has 0 radical (unpaired) electrons. The highest BCUT2D eigenvalue weighted by Crippen LogP contribution is 2.25. The summed E-state index contributed by atoms with van der Waals surface area (Å²) in [6.07, 6.45) is 10.6. The Hall–Kier alpha value is -0.990. The lowest BCUT2D eigenvalue weighted by molar-refractivity contribution is -0.131. The van der Waals surface area contributed by atoms with E-state index >= 15 is 0 Å². The molecular weight excluding hydrogens is 190 g/mol. The van der Waals surface area contributed by atoms with E-state index in [0.717, 1.165) is 6.08 Å². The Labute approximate surface area is 91.6 Å². The number of hydrogen-bond donors (Lipinski definition) is 2. The highest BCUT2D eigenvalue weighted by molar-refractivity contribution is 5.79. The average molecular weight is 211 g/mol. The third kappa shape index (κ3) is 4.86. The van der Waals surface area contributed by atoms with E-state index in [-0.39, 0.29) is 0 Å². The molecule has 0 aliphatic heterocycles. The summed E-state index contributed by atoms with van der Waals surface area (Å²) in [7, 11) is 0. The molecule has 0 aromatic carbocycles. The molecule has 86 valence electrons. The Bertz CT molecular complexity index is 218. The van der Waals surface area contributed by atoms with Gasteiger partial charge in [-0.1, -0.05) is 25.7 Å². The van der Waals surface area contributed by atoms with Crippen LogP contribution in [0.15, 0.2) is 12.3 Å². The van der Waals surface area contributed by atoms with Gasteiger partial charge in [-0.25, -0.2) is 4.79 Å². The molecule has 1 saturated carbocycles. The van der Waals surface area contributed by atoms with Crippen molar-refractivity contribution in [3.8, 4) is 0 Å². The van der Waals surface area contributed by atoms with Crippen LogP contribution in [0.5, 0.6) is 0 Å². The van der Waals surface area contributed by atoms with Gasteiger partial charge >= 0.3 is 5.97 Å². The Morgan fingerprint density at radius 1 is 1.33 bits per heavy atom. The van der Waals surface area contributed by atoms with E-state index in [2.05, 4.69) is 12.2 Å². The standard InChI is InChI=1S/C12H21NO2/c1-10(13-9-8-12(14)15)11-6-4-2-3-5-7-11/h8-11,13H,2-7H2,1H3,(H,14,15)/b9-8+/t10-/m0/s1. The van der Waals surface area contributed by atoms with Crippen molar-refractivity contribution in [3.63, 3.8) is 0 Å². The maximum atomic E-state index is 10.3. The van der Waals surface area contributed by atoms with E-state index in [1.54, 1.807) is 6.20 Å². The molecule has 0 saturated heterocycles. The summed E-state index contributed by atoms with van der Waals surface area (Å²) in [5.74, 6) is -0.193. The fourth-order valence-corrected chi connectivity index (χ4v) is 2.22. The zero-order valence-corrected chi connectivity index (χ0v) is 9.41. The molecule has 1 fully saturated rings. The molecule has 3 heteroatoms. The number of nitrogens with one attached hydrogen (secondary N) is 1. The Morgan fingerprint density at radius 3 is 2.47 bits per heavy atom. The van der Waals surface area contributed by atoms with E-state index in [1.807, 2.05) is 0 Å². The molecule has 1 atom stereocenters. The summed E-state index contributed by atoms with van der Waals surface area (Å²) < 4.78 is 0. The average Bonchev–Trinajstić information content (AvgIpc) is 2.44. The summed E-state index contributed by atoms with van der Waals surface area (Å²) in [5.41, 5.74) is 0. The molecule has 0 bridgehead atoms. The normalized spacial score (nSPS) is 21.1. The van der Waals surface area contributed by atoms with Crippen molar-refractivity contribution in [1.29, 1.82) is 0 Å². The van der Waals surface area contributed by atoms with Gasteiger partial charge < -0.3 is 10.4 Å². The van der Waals surface area contributed by atoms with Gasteiger partial charge in [-0.15, -0.1) is 0 Å². The Morgan fingerprint density at radius 2 is 1.93 bits per heavy atom. The van der Waals surface area contributed by atoms with Gasteiger partial charge in [-0.05, 0) is 25.7 Å². The predicted octanol–water partition coefficient (Wildman–Crippen LogP) is 2.53. The molecular formula is C12H21NO2. The molecule has 15 heavy (non-hydrogen) atoms. The molecule has 0 spiro atoms.